The topological polar surface area (TPSA) is 52.0 Å². The van der Waals surface area contributed by atoms with Crippen LogP contribution in [0.2, 0.25) is 0 Å². The predicted octanol–water partition coefficient (Wildman–Crippen LogP) is 1.49. The summed E-state index contributed by atoms with van der Waals surface area (Å²) in [6, 6.07) is 0.326. The largest absolute Gasteiger partial charge is 0.330 e. The molecule has 0 heterocycles. The molecule has 0 spiro atoms. The van der Waals surface area contributed by atoms with E-state index in [4.69, 9.17) is 11.5 Å². The molecule has 2 nitrogen and oxygen atoms in total. The molecule has 1 atom stereocenters. The average molecular weight is 158 g/mol. The molecule has 0 amide bonds. The summed E-state index contributed by atoms with van der Waals surface area (Å²) in [4.78, 5) is 0. The van der Waals surface area contributed by atoms with E-state index in [0.717, 1.165) is 19.4 Å². The molecule has 4 N–H and O–H groups in total. The van der Waals surface area contributed by atoms with E-state index < -0.39 is 0 Å². The van der Waals surface area contributed by atoms with Gasteiger partial charge in [0.2, 0.25) is 0 Å². The van der Waals surface area contributed by atoms with Crippen LogP contribution in [0.4, 0.5) is 0 Å². The third-order valence-corrected chi connectivity index (χ3v) is 2.10. The lowest BCUT2D eigenvalue weighted by molar-refractivity contribution is 0.296. The zero-order valence-electron chi connectivity index (χ0n) is 8.06. The van der Waals surface area contributed by atoms with Crippen LogP contribution in [0.15, 0.2) is 0 Å². The SMILES string of the molecule is CC(N)CCC(C)(C)CCN. The van der Waals surface area contributed by atoms with Gasteiger partial charge in [0, 0.05) is 6.04 Å². The smallest absolute Gasteiger partial charge is 0.00106 e. The summed E-state index contributed by atoms with van der Waals surface area (Å²) in [5.74, 6) is 0. The van der Waals surface area contributed by atoms with E-state index in [1.807, 2.05) is 0 Å². The van der Waals surface area contributed by atoms with E-state index in [1.165, 1.54) is 6.42 Å². The van der Waals surface area contributed by atoms with E-state index in [9.17, 15) is 0 Å². The zero-order chi connectivity index (χ0) is 8.91. The van der Waals surface area contributed by atoms with Crippen molar-refractivity contribution in [2.75, 3.05) is 6.54 Å². The average Bonchev–Trinajstić information content (AvgIpc) is 1.84. The molecule has 0 aromatic rings. The van der Waals surface area contributed by atoms with Crippen LogP contribution in [0.5, 0.6) is 0 Å². The summed E-state index contributed by atoms with van der Waals surface area (Å²) in [7, 11) is 0. The van der Waals surface area contributed by atoms with Crippen molar-refractivity contribution >= 4 is 0 Å². The van der Waals surface area contributed by atoms with Crippen LogP contribution in [0.1, 0.15) is 40.0 Å². The standard InChI is InChI=1S/C9H22N2/c1-8(11)4-5-9(2,3)6-7-10/h8H,4-7,10-11H2,1-3H3. The number of hydrogen-bond donors (Lipinski definition) is 2. The van der Waals surface area contributed by atoms with Crippen LogP contribution >= 0.6 is 0 Å². The van der Waals surface area contributed by atoms with Crippen LogP contribution in [0.3, 0.4) is 0 Å². The van der Waals surface area contributed by atoms with Crippen molar-refractivity contribution in [2.45, 2.75) is 46.1 Å². The van der Waals surface area contributed by atoms with Crippen molar-refractivity contribution in [2.24, 2.45) is 16.9 Å². The molecule has 11 heavy (non-hydrogen) atoms. The predicted molar refractivity (Wildman–Crippen MR) is 50.3 cm³/mol. The molecule has 0 aliphatic carbocycles. The second-order valence-corrected chi connectivity index (χ2v) is 4.22. The molecule has 68 valence electrons. The summed E-state index contributed by atoms with van der Waals surface area (Å²) in [6.07, 6.45) is 3.38. The molecule has 0 radical (unpaired) electrons. The first-order valence-electron chi connectivity index (χ1n) is 4.43. The number of rotatable bonds is 5. The van der Waals surface area contributed by atoms with Gasteiger partial charge in [-0.3, -0.25) is 0 Å². The van der Waals surface area contributed by atoms with Crippen LogP contribution in [0.25, 0.3) is 0 Å². The normalized spacial score (nSPS) is 15.0. The van der Waals surface area contributed by atoms with E-state index in [1.54, 1.807) is 0 Å². The molecule has 0 fully saturated rings. The van der Waals surface area contributed by atoms with Crippen molar-refractivity contribution in [1.82, 2.24) is 0 Å². The minimum Gasteiger partial charge on any atom is -0.330 e. The lowest BCUT2D eigenvalue weighted by Gasteiger charge is -2.24. The quantitative estimate of drug-likeness (QED) is 0.637. The Morgan fingerprint density at radius 1 is 1.27 bits per heavy atom. The van der Waals surface area contributed by atoms with Gasteiger partial charge in [-0.1, -0.05) is 13.8 Å². The fourth-order valence-electron chi connectivity index (χ4n) is 1.13. The summed E-state index contributed by atoms with van der Waals surface area (Å²) >= 11 is 0. The first-order chi connectivity index (χ1) is 4.98. The Kier molecular flexibility index (Phi) is 4.69. The summed E-state index contributed by atoms with van der Waals surface area (Å²) in [5.41, 5.74) is 11.5. The zero-order valence-corrected chi connectivity index (χ0v) is 8.06. The fraction of sp³-hybridized carbons (Fsp3) is 1.00. The molecular weight excluding hydrogens is 136 g/mol. The Hall–Kier alpha value is -0.0800. The Bertz CT molecular complexity index is 97.7. The minimum absolute atomic E-state index is 0.326. The van der Waals surface area contributed by atoms with Crippen molar-refractivity contribution in [3.05, 3.63) is 0 Å². The van der Waals surface area contributed by atoms with Crippen LogP contribution in [-0.2, 0) is 0 Å². The van der Waals surface area contributed by atoms with Gasteiger partial charge in [0.05, 0.1) is 0 Å². The Labute approximate surface area is 70.3 Å². The van der Waals surface area contributed by atoms with E-state index in [0.29, 0.717) is 11.5 Å². The second-order valence-electron chi connectivity index (χ2n) is 4.22. The van der Waals surface area contributed by atoms with Gasteiger partial charge >= 0.3 is 0 Å². The molecule has 0 aliphatic rings. The third kappa shape index (κ3) is 6.32. The number of nitrogens with two attached hydrogens (primary N) is 2. The molecule has 2 heteroatoms. The molecule has 0 rings (SSSR count). The van der Waals surface area contributed by atoms with E-state index in [-0.39, 0.29) is 0 Å². The van der Waals surface area contributed by atoms with Gasteiger partial charge in [-0.15, -0.1) is 0 Å². The third-order valence-electron chi connectivity index (χ3n) is 2.10. The molecular formula is C9H22N2. The maximum absolute atomic E-state index is 5.66. The highest BCUT2D eigenvalue weighted by atomic mass is 14.6. The van der Waals surface area contributed by atoms with Crippen LogP contribution in [-0.4, -0.2) is 12.6 Å². The van der Waals surface area contributed by atoms with Gasteiger partial charge in [0.25, 0.3) is 0 Å². The first-order valence-corrected chi connectivity index (χ1v) is 4.43. The van der Waals surface area contributed by atoms with Gasteiger partial charge in [0.1, 0.15) is 0 Å². The monoisotopic (exact) mass is 158 g/mol. The highest BCUT2D eigenvalue weighted by Crippen LogP contribution is 2.26. The summed E-state index contributed by atoms with van der Waals surface area (Å²) in [6.45, 7) is 7.34. The first kappa shape index (κ1) is 10.9. The van der Waals surface area contributed by atoms with Gasteiger partial charge in [-0.2, -0.15) is 0 Å². The van der Waals surface area contributed by atoms with Gasteiger partial charge in [0.15, 0.2) is 0 Å². The van der Waals surface area contributed by atoms with Gasteiger partial charge in [-0.25, -0.2) is 0 Å². The lowest BCUT2D eigenvalue weighted by Crippen LogP contribution is -2.22. The molecule has 0 aromatic heterocycles. The van der Waals surface area contributed by atoms with Gasteiger partial charge in [-0.05, 0) is 38.1 Å². The fourth-order valence-corrected chi connectivity index (χ4v) is 1.13. The molecule has 0 aliphatic heterocycles. The number of hydrogen-bond acceptors (Lipinski definition) is 2. The minimum atomic E-state index is 0.326. The summed E-state index contributed by atoms with van der Waals surface area (Å²) in [5, 5.41) is 0. The Morgan fingerprint density at radius 2 is 1.82 bits per heavy atom. The molecule has 0 aromatic carbocycles. The van der Waals surface area contributed by atoms with Crippen molar-refractivity contribution in [1.29, 1.82) is 0 Å². The van der Waals surface area contributed by atoms with Gasteiger partial charge < -0.3 is 11.5 Å². The Balaban J connectivity index is 3.54. The highest BCUT2D eigenvalue weighted by molar-refractivity contribution is 4.70. The summed E-state index contributed by atoms with van der Waals surface area (Å²) < 4.78 is 0. The van der Waals surface area contributed by atoms with Crippen molar-refractivity contribution < 1.29 is 0 Å². The molecule has 0 bridgehead atoms. The maximum Gasteiger partial charge on any atom is 0.00106 e. The molecule has 0 saturated carbocycles. The lowest BCUT2D eigenvalue weighted by atomic mass is 9.83. The van der Waals surface area contributed by atoms with Crippen LogP contribution in [0, 0.1) is 5.41 Å². The van der Waals surface area contributed by atoms with Crippen LogP contribution < -0.4 is 11.5 Å². The molecule has 1 unspecified atom stereocenters. The van der Waals surface area contributed by atoms with E-state index >= 15 is 0 Å². The Morgan fingerprint density at radius 3 is 2.18 bits per heavy atom. The van der Waals surface area contributed by atoms with E-state index in [2.05, 4.69) is 20.8 Å². The highest BCUT2D eigenvalue weighted by Gasteiger charge is 2.16. The van der Waals surface area contributed by atoms with Crippen molar-refractivity contribution in [3.63, 3.8) is 0 Å². The molecule has 0 saturated heterocycles. The maximum atomic E-state index is 5.66. The van der Waals surface area contributed by atoms with Crippen molar-refractivity contribution in [3.8, 4) is 0 Å². The second kappa shape index (κ2) is 4.73.